The summed E-state index contributed by atoms with van der Waals surface area (Å²) in [7, 11) is 0. The molecule has 5 nitrogen and oxygen atoms in total. The molecule has 4 aromatic rings. The Hall–Kier alpha value is -3.88. The molecule has 0 fully saturated rings. The van der Waals surface area contributed by atoms with Crippen LogP contribution in [0.15, 0.2) is 72.0 Å². The van der Waals surface area contributed by atoms with Crippen molar-refractivity contribution in [2.45, 2.75) is 6.18 Å². The third kappa shape index (κ3) is 4.40. The predicted molar refractivity (Wildman–Crippen MR) is 106 cm³/mol. The molecule has 2 heterocycles. The van der Waals surface area contributed by atoms with Gasteiger partial charge in [0.25, 0.3) is 5.95 Å². The van der Waals surface area contributed by atoms with Crippen molar-refractivity contribution in [3.8, 4) is 0 Å². The minimum Gasteiger partial charge on any atom is -0.338 e. The van der Waals surface area contributed by atoms with Gasteiger partial charge in [-0.2, -0.15) is 18.2 Å². The van der Waals surface area contributed by atoms with Crippen molar-refractivity contribution in [3.05, 3.63) is 83.9 Å². The van der Waals surface area contributed by atoms with Crippen LogP contribution >= 0.6 is 0 Å². The van der Waals surface area contributed by atoms with E-state index in [1.165, 1.54) is 18.3 Å². The number of aliphatic imine (C=N–C) groups is 1. The molecule has 150 valence electrons. The fraction of sp³-hybridized carbons (Fsp3) is 0.0476. The molecule has 0 radical (unpaired) electrons. The predicted octanol–water partition coefficient (Wildman–Crippen LogP) is 5.68. The highest BCUT2D eigenvalue weighted by Gasteiger charge is 2.29. The molecule has 30 heavy (non-hydrogen) atoms. The molecule has 0 spiro atoms. The van der Waals surface area contributed by atoms with Crippen LogP contribution in [0.2, 0.25) is 0 Å². The summed E-state index contributed by atoms with van der Waals surface area (Å²) in [6.45, 7) is 0. The third-order valence-electron chi connectivity index (χ3n) is 4.16. The van der Waals surface area contributed by atoms with Crippen molar-refractivity contribution >= 4 is 34.6 Å². The van der Waals surface area contributed by atoms with Gasteiger partial charge in [-0.25, -0.2) is 14.4 Å². The minimum atomic E-state index is -4.41. The largest absolute Gasteiger partial charge is 0.416 e. The molecule has 0 amide bonds. The van der Waals surface area contributed by atoms with Crippen LogP contribution in [-0.2, 0) is 6.18 Å². The Kier molecular flexibility index (Phi) is 5.09. The van der Waals surface area contributed by atoms with Crippen molar-refractivity contribution in [1.82, 2.24) is 15.0 Å². The SMILES string of the molecule is Fc1cnc(/N=C/c2ccc(C(F)(F)F)cc2)nc1Nc1ccc2ncccc2c1. The second-order valence-corrected chi connectivity index (χ2v) is 6.28. The zero-order valence-electron chi connectivity index (χ0n) is 15.2. The second kappa shape index (κ2) is 7.86. The summed E-state index contributed by atoms with van der Waals surface area (Å²) in [4.78, 5) is 16.1. The summed E-state index contributed by atoms with van der Waals surface area (Å²) in [5.74, 6) is -0.788. The number of hydrogen-bond acceptors (Lipinski definition) is 5. The van der Waals surface area contributed by atoms with Crippen LogP contribution < -0.4 is 5.32 Å². The van der Waals surface area contributed by atoms with Gasteiger partial charge in [0.2, 0.25) is 0 Å². The van der Waals surface area contributed by atoms with Crippen molar-refractivity contribution in [2.75, 3.05) is 5.32 Å². The Morgan fingerprint density at radius 1 is 0.967 bits per heavy atom. The van der Waals surface area contributed by atoms with E-state index in [4.69, 9.17) is 0 Å². The molecule has 0 atom stereocenters. The first-order valence-electron chi connectivity index (χ1n) is 8.74. The standard InChI is InChI=1S/C21H13F4N5/c22-17-12-28-20(27-11-13-3-5-15(6-4-13)21(23,24)25)30-19(17)29-16-7-8-18-14(10-16)2-1-9-26-18/h1-12H,(H,28,29,30)/b27-11+. The van der Waals surface area contributed by atoms with Crippen LogP contribution in [0.25, 0.3) is 10.9 Å². The fourth-order valence-corrected chi connectivity index (χ4v) is 2.69. The molecule has 0 saturated carbocycles. The van der Waals surface area contributed by atoms with Gasteiger partial charge in [-0.05, 0) is 42.0 Å². The highest BCUT2D eigenvalue weighted by Crippen LogP contribution is 2.29. The lowest BCUT2D eigenvalue weighted by Gasteiger charge is -2.08. The van der Waals surface area contributed by atoms with Gasteiger partial charge < -0.3 is 5.32 Å². The van der Waals surface area contributed by atoms with Gasteiger partial charge in [0.15, 0.2) is 11.6 Å². The van der Waals surface area contributed by atoms with E-state index in [-0.39, 0.29) is 11.8 Å². The number of fused-ring (bicyclic) bond motifs is 1. The zero-order chi connectivity index (χ0) is 21.1. The molecule has 2 aromatic carbocycles. The monoisotopic (exact) mass is 411 g/mol. The molecule has 9 heteroatoms. The summed E-state index contributed by atoms with van der Waals surface area (Å²) in [5.41, 5.74) is 1.07. The summed E-state index contributed by atoms with van der Waals surface area (Å²) in [6, 6.07) is 13.5. The molecule has 0 aliphatic carbocycles. The minimum absolute atomic E-state index is 0.0405. The molecule has 0 aliphatic heterocycles. The lowest BCUT2D eigenvalue weighted by Crippen LogP contribution is -2.04. The lowest BCUT2D eigenvalue weighted by molar-refractivity contribution is -0.137. The number of benzene rings is 2. The topological polar surface area (TPSA) is 63.1 Å². The Balaban J connectivity index is 1.54. The molecule has 2 aromatic heterocycles. The average molecular weight is 411 g/mol. The van der Waals surface area contributed by atoms with Gasteiger partial charge in [-0.15, -0.1) is 0 Å². The Labute approximate surface area is 168 Å². The van der Waals surface area contributed by atoms with Gasteiger partial charge >= 0.3 is 6.18 Å². The molecule has 0 aliphatic rings. The van der Waals surface area contributed by atoms with E-state index < -0.39 is 17.6 Å². The average Bonchev–Trinajstić information content (AvgIpc) is 2.74. The van der Waals surface area contributed by atoms with Crippen LogP contribution in [0.3, 0.4) is 0 Å². The maximum absolute atomic E-state index is 14.1. The van der Waals surface area contributed by atoms with Gasteiger partial charge in [-0.1, -0.05) is 18.2 Å². The van der Waals surface area contributed by atoms with E-state index >= 15 is 0 Å². The number of aromatic nitrogens is 3. The Bertz CT molecular complexity index is 1220. The highest BCUT2D eigenvalue weighted by atomic mass is 19.4. The number of nitrogens with one attached hydrogen (secondary N) is 1. The van der Waals surface area contributed by atoms with E-state index in [1.54, 1.807) is 30.5 Å². The number of halogens is 4. The lowest BCUT2D eigenvalue weighted by atomic mass is 10.1. The zero-order valence-corrected chi connectivity index (χ0v) is 15.2. The Morgan fingerprint density at radius 3 is 2.53 bits per heavy atom. The van der Waals surface area contributed by atoms with Gasteiger partial charge in [0.05, 0.1) is 17.3 Å². The van der Waals surface area contributed by atoms with Gasteiger partial charge in [-0.3, -0.25) is 4.98 Å². The van der Waals surface area contributed by atoms with Crippen LogP contribution in [0.4, 0.5) is 35.0 Å². The Morgan fingerprint density at radius 2 is 1.77 bits per heavy atom. The van der Waals surface area contributed by atoms with Crippen LogP contribution in [0.5, 0.6) is 0 Å². The second-order valence-electron chi connectivity index (χ2n) is 6.28. The quantitative estimate of drug-likeness (QED) is 0.347. The molecular weight excluding hydrogens is 398 g/mol. The molecule has 0 bridgehead atoms. The molecule has 0 unspecified atom stereocenters. The number of rotatable bonds is 4. The summed E-state index contributed by atoms with van der Waals surface area (Å²) >= 11 is 0. The van der Waals surface area contributed by atoms with E-state index in [0.717, 1.165) is 29.2 Å². The van der Waals surface area contributed by atoms with Crippen LogP contribution in [-0.4, -0.2) is 21.2 Å². The summed E-state index contributed by atoms with van der Waals surface area (Å²) < 4.78 is 52.0. The number of anilines is 2. The molecule has 0 saturated heterocycles. The first-order valence-corrected chi connectivity index (χ1v) is 8.74. The van der Waals surface area contributed by atoms with Crippen LogP contribution in [0, 0.1) is 5.82 Å². The van der Waals surface area contributed by atoms with Crippen molar-refractivity contribution in [3.63, 3.8) is 0 Å². The van der Waals surface area contributed by atoms with E-state index in [1.807, 2.05) is 6.07 Å². The van der Waals surface area contributed by atoms with Crippen LogP contribution in [0.1, 0.15) is 11.1 Å². The van der Waals surface area contributed by atoms with E-state index in [2.05, 4.69) is 25.3 Å². The first-order chi connectivity index (χ1) is 14.4. The van der Waals surface area contributed by atoms with Crippen molar-refractivity contribution in [2.24, 2.45) is 4.99 Å². The molecular formula is C21H13F4N5. The molecule has 4 rings (SSSR count). The normalized spacial score (nSPS) is 11.9. The summed E-state index contributed by atoms with van der Waals surface area (Å²) in [5, 5.41) is 3.75. The van der Waals surface area contributed by atoms with Gasteiger partial charge in [0, 0.05) is 23.5 Å². The summed E-state index contributed by atoms with van der Waals surface area (Å²) in [6.07, 6.45) is -0.453. The van der Waals surface area contributed by atoms with Gasteiger partial charge in [0.1, 0.15) is 0 Å². The third-order valence-corrected chi connectivity index (χ3v) is 4.16. The fourth-order valence-electron chi connectivity index (χ4n) is 2.69. The number of nitrogens with zero attached hydrogens (tertiary/aromatic N) is 4. The van der Waals surface area contributed by atoms with Crippen molar-refractivity contribution in [1.29, 1.82) is 0 Å². The maximum Gasteiger partial charge on any atom is 0.416 e. The van der Waals surface area contributed by atoms with Crippen molar-refractivity contribution < 1.29 is 17.6 Å². The number of hydrogen-bond donors (Lipinski definition) is 1. The number of pyridine rings is 1. The molecule has 1 N–H and O–H groups in total. The highest BCUT2D eigenvalue weighted by molar-refractivity contribution is 5.83. The van der Waals surface area contributed by atoms with E-state index in [0.29, 0.717) is 11.3 Å². The van der Waals surface area contributed by atoms with E-state index in [9.17, 15) is 17.6 Å². The first kappa shape index (κ1) is 19.4. The maximum atomic E-state index is 14.1. The smallest absolute Gasteiger partial charge is 0.338 e. The number of alkyl halides is 3.